The van der Waals surface area contributed by atoms with Crippen LogP contribution in [0, 0.1) is 0 Å². The van der Waals surface area contributed by atoms with Gasteiger partial charge in [-0.1, -0.05) is 17.7 Å². The summed E-state index contributed by atoms with van der Waals surface area (Å²) in [4.78, 5) is 4.06. The van der Waals surface area contributed by atoms with E-state index in [9.17, 15) is 0 Å². The van der Waals surface area contributed by atoms with Gasteiger partial charge in [0.25, 0.3) is 0 Å². The van der Waals surface area contributed by atoms with E-state index in [4.69, 9.17) is 11.6 Å². The van der Waals surface area contributed by atoms with Crippen LogP contribution >= 0.6 is 11.6 Å². The van der Waals surface area contributed by atoms with Crippen LogP contribution in [0.15, 0.2) is 55.0 Å². The zero-order valence-corrected chi connectivity index (χ0v) is 11.2. The standard InChI is InChI=1S/C14H12ClN5/c15-10-3-1-4-11(7-10)18-13-9-17-20-14(13)19-12-5-2-6-16-8-12/h1-9,18H,(H2,17,19,20). The van der Waals surface area contributed by atoms with Gasteiger partial charge >= 0.3 is 0 Å². The van der Waals surface area contributed by atoms with Crippen LogP contribution in [0.3, 0.4) is 0 Å². The second kappa shape index (κ2) is 5.63. The average Bonchev–Trinajstić information content (AvgIpc) is 2.87. The number of H-pyrrole nitrogens is 1. The summed E-state index contributed by atoms with van der Waals surface area (Å²) < 4.78 is 0. The zero-order valence-electron chi connectivity index (χ0n) is 10.5. The van der Waals surface area contributed by atoms with E-state index in [2.05, 4.69) is 25.8 Å². The maximum atomic E-state index is 5.97. The number of aromatic amines is 1. The molecule has 6 heteroatoms. The van der Waals surface area contributed by atoms with Crippen molar-refractivity contribution < 1.29 is 0 Å². The fourth-order valence-electron chi connectivity index (χ4n) is 1.78. The topological polar surface area (TPSA) is 65.6 Å². The highest BCUT2D eigenvalue weighted by molar-refractivity contribution is 6.30. The first kappa shape index (κ1) is 12.5. The molecular weight excluding hydrogens is 274 g/mol. The molecule has 0 atom stereocenters. The number of rotatable bonds is 4. The van der Waals surface area contributed by atoms with E-state index in [1.165, 1.54) is 0 Å². The molecule has 5 nitrogen and oxygen atoms in total. The highest BCUT2D eigenvalue weighted by atomic mass is 35.5. The van der Waals surface area contributed by atoms with Crippen LogP contribution in [0.5, 0.6) is 0 Å². The maximum absolute atomic E-state index is 5.97. The Balaban J connectivity index is 1.80. The lowest BCUT2D eigenvalue weighted by Gasteiger charge is -2.08. The van der Waals surface area contributed by atoms with Gasteiger partial charge in [-0.3, -0.25) is 10.1 Å². The van der Waals surface area contributed by atoms with Crippen molar-refractivity contribution in [3.05, 3.63) is 60.0 Å². The number of pyridine rings is 1. The largest absolute Gasteiger partial charge is 0.351 e. The van der Waals surface area contributed by atoms with Crippen molar-refractivity contribution >= 4 is 34.5 Å². The number of halogens is 1. The Labute approximate surface area is 121 Å². The van der Waals surface area contributed by atoms with Gasteiger partial charge in [0.15, 0.2) is 0 Å². The molecule has 3 aromatic rings. The summed E-state index contributed by atoms with van der Waals surface area (Å²) in [7, 11) is 0. The van der Waals surface area contributed by atoms with E-state index >= 15 is 0 Å². The van der Waals surface area contributed by atoms with E-state index in [0.717, 1.165) is 22.9 Å². The normalized spacial score (nSPS) is 10.2. The molecule has 0 aliphatic carbocycles. The minimum absolute atomic E-state index is 0.681. The molecule has 0 saturated carbocycles. The molecule has 3 rings (SSSR count). The van der Waals surface area contributed by atoms with E-state index in [1.54, 1.807) is 18.6 Å². The summed E-state index contributed by atoms with van der Waals surface area (Å²) in [6.07, 6.45) is 5.17. The maximum Gasteiger partial charge on any atom is 0.150 e. The van der Waals surface area contributed by atoms with Crippen molar-refractivity contribution in [1.29, 1.82) is 0 Å². The molecule has 0 saturated heterocycles. The Morgan fingerprint density at radius 1 is 1.00 bits per heavy atom. The minimum atomic E-state index is 0.681. The van der Waals surface area contributed by atoms with Crippen molar-refractivity contribution in [1.82, 2.24) is 15.2 Å². The van der Waals surface area contributed by atoms with Crippen molar-refractivity contribution in [3.8, 4) is 0 Å². The number of nitrogens with zero attached hydrogens (tertiary/aromatic N) is 2. The summed E-state index contributed by atoms with van der Waals surface area (Å²) >= 11 is 5.97. The molecule has 2 heterocycles. The number of hydrogen-bond acceptors (Lipinski definition) is 4. The molecule has 3 N–H and O–H groups in total. The monoisotopic (exact) mass is 285 g/mol. The molecule has 0 spiro atoms. The first-order chi connectivity index (χ1) is 9.81. The summed E-state index contributed by atoms with van der Waals surface area (Å²) in [5.41, 5.74) is 2.61. The summed E-state index contributed by atoms with van der Waals surface area (Å²) in [6, 6.07) is 11.3. The van der Waals surface area contributed by atoms with E-state index in [0.29, 0.717) is 5.02 Å². The van der Waals surface area contributed by atoms with Crippen LogP contribution in [0.4, 0.5) is 22.9 Å². The van der Waals surface area contributed by atoms with Gasteiger partial charge in [-0.25, -0.2) is 0 Å². The molecule has 0 aliphatic rings. The SMILES string of the molecule is Clc1cccc(Nc2cn[nH]c2Nc2cccnc2)c1. The zero-order chi connectivity index (χ0) is 13.8. The molecular formula is C14H12ClN5. The molecule has 1 aromatic carbocycles. The summed E-state index contributed by atoms with van der Waals surface area (Å²) in [5.74, 6) is 0.762. The molecule has 0 amide bonds. The van der Waals surface area contributed by atoms with Crippen LogP contribution < -0.4 is 10.6 Å². The Kier molecular flexibility index (Phi) is 3.52. The van der Waals surface area contributed by atoms with Crippen molar-refractivity contribution in [2.24, 2.45) is 0 Å². The highest BCUT2D eigenvalue weighted by Crippen LogP contribution is 2.26. The van der Waals surface area contributed by atoms with Crippen molar-refractivity contribution in [2.75, 3.05) is 10.6 Å². The lowest BCUT2D eigenvalue weighted by molar-refractivity contribution is 1.09. The van der Waals surface area contributed by atoms with Crippen LogP contribution in [-0.4, -0.2) is 15.2 Å². The second-order valence-electron chi connectivity index (χ2n) is 4.16. The van der Waals surface area contributed by atoms with Crippen LogP contribution in [0.25, 0.3) is 0 Å². The predicted octanol–water partition coefficient (Wildman–Crippen LogP) is 3.95. The number of nitrogens with one attached hydrogen (secondary N) is 3. The van der Waals surface area contributed by atoms with E-state index < -0.39 is 0 Å². The number of anilines is 4. The third-order valence-corrected chi connectivity index (χ3v) is 2.91. The number of hydrogen-bond donors (Lipinski definition) is 3. The molecule has 2 aromatic heterocycles. The van der Waals surface area contributed by atoms with Gasteiger partial charge in [-0.2, -0.15) is 5.10 Å². The molecule has 0 unspecified atom stereocenters. The molecule has 0 aliphatic heterocycles. The molecule has 100 valence electrons. The van der Waals surface area contributed by atoms with E-state index in [1.807, 2.05) is 36.4 Å². The summed E-state index contributed by atoms with van der Waals surface area (Å²) in [5, 5.41) is 14.1. The van der Waals surface area contributed by atoms with Gasteiger partial charge in [0.05, 0.1) is 18.1 Å². The lowest BCUT2D eigenvalue weighted by Crippen LogP contribution is -1.96. The van der Waals surface area contributed by atoms with Crippen molar-refractivity contribution in [2.45, 2.75) is 0 Å². The Morgan fingerprint density at radius 3 is 2.70 bits per heavy atom. The average molecular weight is 286 g/mol. The van der Waals surface area contributed by atoms with Crippen LogP contribution in [0.2, 0.25) is 5.02 Å². The molecule has 20 heavy (non-hydrogen) atoms. The van der Waals surface area contributed by atoms with Gasteiger partial charge in [0, 0.05) is 16.9 Å². The third kappa shape index (κ3) is 2.89. The smallest absolute Gasteiger partial charge is 0.150 e. The summed E-state index contributed by atoms with van der Waals surface area (Å²) in [6.45, 7) is 0. The Hall–Kier alpha value is -2.53. The highest BCUT2D eigenvalue weighted by Gasteiger charge is 2.06. The molecule has 0 fully saturated rings. The Morgan fingerprint density at radius 2 is 1.90 bits per heavy atom. The number of aromatic nitrogens is 3. The first-order valence-corrected chi connectivity index (χ1v) is 6.42. The fourth-order valence-corrected chi connectivity index (χ4v) is 1.97. The second-order valence-corrected chi connectivity index (χ2v) is 4.60. The Bertz CT molecular complexity index is 696. The van der Waals surface area contributed by atoms with Gasteiger partial charge in [0.1, 0.15) is 11.5 Å². The fraction of sp³-hybridized carbons (Fsp3) is 0. The van der Waals surface area contributed by atoms with Gasteiger partial charge in [-0.05, 0) is 30.3 Å². The predicted molar refractivity (Wildman–Crippen MR) is 80.8 cm³/mol. The van der Waals surface area contributed by atoms with Gasteiger partial charge in [0.2, 0.25) is 0 Å². The minimum Gasteiger partial charge on any atom is -0.351 e. The van der Waals surface area contributed by atoms with Crippen LogP contribution in [-0.2, 0) is 0 Å². The van der Waals surface area contributed by atoms with Gasteiger partial charge in [-0.15, -0.1) is 0 Å². The molecule has 0 radical (unpaired) electrons. The third-order valence-electron chi connectivity index (χ3n) is 2.67. The first-order valence-electron chi connectivity index (χ1n) is 6.04. The quantitative estimate of drug-likeness (QED) is 0.679. The van der Waals surface area contributed by atoms with E-state index in [-0.39, 0.29) is 0 Å². The van der Waals surface area contributed by atoms with Crippen molar-refractivity contribution in [3.63, 3.8) is 0 Å². The van der Waals surface area contributed by atoms with Gasteiger partial charge < -0.3 is 10.6 Å². The molecule has 0 bridgehead atoms. The lowest BCUT2D eigenvalue weighted by atomic mass is 10.3. The van der Waals surface area contributed by atoms with Crippen LogP contribution in [0.1, 0.15) is 0 Å². The number of benzene rings is 1.